The van der Waals surface area contributed by atoms with E-state index in [1.165, 1.54) is 0 Å². The highest BCUT2D eigenvalue weighted by molar-refractivity contribution is 5.96. The predicted octanol–water partition coefficient (Wildman–Crippen LogP) is 5.25. The van der Waals surface area contributed by atoms with E-state index < -0.39 is 11.6 Å². The number of anilines is 2. The van der Waals surface area contributed by atoms with Crippen LogP contribution < -0.4 is 19.3 Å². The summed E-state index contributed by atoms with van der Waals surface area (Å²) in [6.07, 6.45) is 1.68. The molecule has 0 amide bonds. The number of pyridine rings is 1. The number of nitrogens with zero attached hydrogens (tertiary/aromatic N) is 3. The molecule has 0 atom stereocenters. The van der Waals surface area contributed by atoms with E-state index in [4.69, 9.17) is 14.2 Å². The minimum absolute atomic E-state index is 0.428. The lowest BCUT2D eigenvalue weighted by Gasteiger charge is -2.33. The van der Waals surface area contributed by atoms with E-state index in [1.54, 1.807) is 32.5 Å². The number of ether oxygens (including phenoxy) is 3. The van der Waals surface area contributed by atoms with Gasteiger partial charge in [-0.05, 0) is 64.1 Å². The van der Waals surface area contributed by atoms with Gasteiger partial charge in [0.15, 0.2) is 0 Å². The van der Waals surface area contributed by atoms with Crippen LogP contribution in [0.2, 0.25) is 0 Å². The third-order valence-corrected chi connectivity index (χ3v) is 6.99. The Kier molecular flexibility index (Phi) is 7.38. The van der Waals surface area contributed by atoms with Crippen LogP contribution in [0.1, 0.15) is 54.9 Å². The van der Waals surface area contributed by atoms with E-state index in [-0.39, 0.29) is 0 Å². The van der Waals surface area contributed by atoms with Crippen molar-refractivity contribution in [3.63, 3.8) is 0 Å². The Hall–Kier alpha value is -3.74. The molecule has 1 aromatic heterocycles. The lowest BCUT2D eigenvalue weighted by atomic mass is 9.81. The zero-order valence-corrected chi connectivity index (χ0v) is 22.0. The van der Waals surface area contributed by atoms with Crippen LogP contribution in [0.5, 0.6) is 11.5 Å². The Morgan fingerprint density at radius 3 is 1.75 bits per heavy atom. The highest BCUT2D eigenvalue weighted by Crippen LogP contribution is 2.52. The van der Waals surface area contributed by atoms with Crippen LogP contribution in [-0.2, 0) is 10.3 Å². The zero-order valence-electron chi connectivity index (χ0n) is 22.0. The van der Waals surface area contributed by atoms with Crippen molar-refractivity contribution in [2.75, 3.05) is 50.2 Å². The van der Waals surface area contributed by atoms with Crippen LogP contribution in [-0.4, -0.2) is 51.4 Å². The fraction of sp³-hybridized carbons (Fsp3) is 0.379. The van der Waals surface area contributed by atoms with Crippen molar-refractivity contribution in [3.05, 3.63) is 77.1 Å². The first-order valence-electron chi connectivity index (χ1n) is 12.5. The molecule has 190 valence electrons. The fourth-order valence-corrected chi connectivity index (χ4v) is 5.12. The topological polar surface area (TPSA) is 64.1 Å². The highest BCUT2D eigenvalue weighted by Gasteiger charge is 2.53. The maximum atomic E-state index is 13.2. The Balaban J connectivity index is 2.02. The lowest BCUT2D eigenvalue weighted by molar-refractivity contribution is 0.0230. The summed E-state index contributed by atoms with van der Waals surface area (Å²) < 4.78 is 18.1. The molecule has 2 heterocycles. The van der Waals surface area contributed by atoms with Crippen LogP contribution in [0, 0.1) is 0 Å². The molecule has 1 aliphatic heterocycles. The van der Waals surface area contributed by atoms with Gasteiger partial charge >= 0.3 is 5.97 Å². The number of esters is 1. The van der Waals surface area contributed by atoms with Crippen molar-refractivity contribution < 1.29 is 19.0 Å². The second-order valence-corrected chi connectivity index (χ2v) is 8.58. The van der Waals surface area contributed by atoms with Crippen molar-refractivity contribution >= 4 is 17.3 Å². The molecule has 7 heteroatoms. The summed E-state index contributed by atoms with van der Waals surface area (Å²) in [7, 11) is 3.27. The van der Waals surface area contributed by atoms with E-state index in [0.29, 0.717) is 33.9 Å². The van der Waals surface area contributed by atoms with Crippen LogP contribution in [0.15, 0.2) is 54.7 Å². The molecule has 1 aliphatic rings. The van der Waals surface area contributed by atoms with Gasteiger partial charge in [-0.1, -0.05) is 0 Å². The van der Waals surface area contributed by atoms with Gasteiger partial charge in [0.25, 0.3) is 0 Å². The van der Waals surface area contributed by atoms with Crippen molar-refractivity contribution in [2.45, 2.75) is 33.3 Å². The molecule has 0 saturated carbocycles. The number of hydrogen-bond donors (Lipinski definition) is 0. The molecule has 0 N–H and O–H groups in total. The monoisotopic (exact) mass is 489 g/mol. The Labute approximate surface area is 213 Å². The van der Waals surface area contributed by atoms with Gasteiger partial charge in [0.2, 0.25) is 5.60 Å². The second kappa shape index (κ2) is 10.5. The standard InChI is InChI=1S/C29H35N3O4/c1-7-31(8-2)20-13-15-23(25(18-20)34-5)29(27-22(28(33)36-29)12-11-17-30-27)24-16-14-21(19-26(24)35-6)32(9-3)10-4/h11-19H,7-10H2,1-6H3. The number of hydrogen-bond acceptors (Lipinski definition) is 7. The SMILES string of the molecule is CCN(CC)c1ccc(C2(c3ccc(N(CC)CC)cc3OC)OC(=O)c3cccnc32)c(OC)c1. The Morgan fingerprint density at radius 2 is 1.31 bits per heavy atom. The Morgan fingerprint density at radius 1 is 0.806 bits per heavy atom. The van der Waals surface area contributed by atoms with Gasteiger partial charge < -0.3 is 24.0 Å². The van der Waals surface area contributed by atoms with Crippen LogP contribution in [0.25, 0.3) is 0 Å². The van der Waals surface area contributed by atoms with Gasteiger partial charge in [-0.3, -0.25) is 4.98 Å². The average Bonchev–Trinajstić information content (AvgIpc) is 3.22. The van der Waals surface area contributed by atoms with Crippen LogP contribution in [0.3, 0.4) is 0 Å². The lowest BCUT2D eigenvalue weighted by Crippen LogP contribution is -2.32. The number of benzene rings is 2. The molecule has 0 unspecified atom stereocenters. The number of carbonyl (C=O) groups excluding carboxylic acids is 1. The van der Waals surface area contributed by atoms with E-state index in [2.05, 4.69) is 42.5 Å². The van der Waals surface area contributed by atoms with Crippen molar-refractivity contribution in [2.24, 2.45) is 0 Å². The van der Waals surface area contributed by atoms with Crippen LogP contribution in [0.4, 0.5) is 11.4 Å². The first kappa shape index (κ1) is 25.4. The molecule has 0 spiro atoms. The zero-order chi connectivity index (χ0) is 25.9. The van der Waals surface area contributed by atoms with Crippen LogP contribution >= 0.6 is 0 Å². The summed E-state index contributed by atoms with van der Waals surface area (Å²) in [5.41, 5.74) is 3.09. The second-order valence-electron chi connectivity index (χ2n) is 8.58. The Bertz CT molecular complexity index is 1170. The summed E-state index contributed by atoms with van der Waals surface area (Å²) in [5.74, 6) is 0.795. The number of fused-ring (bicyclic) bond motifs is 1. The molecule has 0 saturated heterocycles. The van der Waals surface area contributed by atoms with Gasteiger partial charge in [-0.25, -0.2) is 4.79 Å². The maximum absolute atomic E-state index is 13.2. The summed E-state index contributed by atoms with van der Waals surface area (Å²) in [4.78, 5) is 22.4. The predicted molar refractivity (Wildman–Crippen MR) is 143 cm³/mol. The molecule has 0 radical (unpaired) electrons. The average molecular weight is 490 g/mol. The number of cyclic esters (lactones) is 1. The molecular weight excluding hydrogens is 454 g/mol. The number of aromatic nitrogens is 1. The third-order valence-electron chi connectivity index (χ3n) is 6.99. The van der Waals surface area contributed by atoms with Gasteiger partial charge in [0.05, 0.1) is 19.8 Å². The summed E-state index contributed by atoms with van der Waals surface area (Å²) in [6.45, 7) is 11.9. The first-order valence-corrected chi connectivity index (χ1v) is 12.5. The van der Waals surface area contributed by atoms with Gasteiger partial charge in [-0.15, -0.1) is 0 Å². The molecule has 0 fully saturated rings. The number of carbonyl (C=O) groups is 1. The van der Waals surface area contributed by atoms with Crippen molar-refractivity contribution in [3.8, 4) is 11.5 Å². The number of rotatable bonds is 10. The molecule has 4 rings (SSSR count). The van der Waals surface area contributed by atoms with Crippen molar-refractivity contribution in [1.82, 2.24) is 4.98 Å². The smallest absolute Gasteiger partial charge is 0.341 e. The van der Waals surface area contributed by atoms with Gasteiger partial charge in [0.1, 0.15) is 17.2 Å². The summed E-state index contributed by atoms with van der Waals surface area (Å²) in [6, 6.07) is 15.5. The normalized spacial score (nSPS) is 13.7. The summed E-state index contributed by atoms with van der Waals surface area (Å²) >= 11 is 0. The molecular formula is C29H35N3O4. The molecule has 7 nitrogen and oxygen atoms in total. The quantitative estimate of drug-likeness (QED) is 0.360. The molecule has 3 aromatic rings. The van der Waals surface area contributed by atoms with E-state index >= 15 is 0 Å². The fourth-order valence-electron chi connectivity index (χ4n) is 5.12. The molecule has 0 aliphatic carbocycles. The third kappa shape index (κ3) is 4.02. The largest absolute Gasteiger partial charge is 0.496 e. The van der Waals surface area contributed by atoms with E-state index in [0.717, 1.165) is 37.6 Å². The first-order chi connectivity index (χ1) is 17.5. The minimum atomic E-state index is -1.33. The maximum Gasteiger partial charge on any atom is 0.341 e. The molecule has 36 heavy (non-hydrogen) atoms. The van der Waals surface area contributed by atoms with E-state index in [1.807, 2.05) is 36.4 Å². The van der Waals surface area contributed by atoms with Crippen molar-refractivity contribution in [1.29, 1.82) is 0 Å². The van der Waals surface area contributed by atoms with Gasteiger partial charge in [-0.2, -0.15) is 0 Å². The van der Waals surface area contributed by atoms with Gasteiger partial charge in [0, 0.05) is 67.0 Å². The minimum Gasteiger partial charge on any atom is -0.496 e. The molecule has 0 bridgehead atoms. The highest BCUT2D eigenvalue weighted by atomic mass is 16.6. The number of methoxy groups -OCH3 is 2. The van der Waals surface area contributed by atoms with E-state index in [9.17, 15) is 4.79 Å². The summed E-state index contributed by atoms with van der Waals surface area (Å²) in [5, 5.41) is 0. The molecule has 2 aromatic carbocycles.